The smallest absolute Gasteiger partial charge is 0.286 e. The number of carbonyl (C=O) groups excluding carboxylic acids is 1. The SMILES string of the molecule is CCOc1ccc(C(C)NC(=O)c2cc3c(cc2Cl)N2CCCCCC2=NS3(=O)=O)cc1. The van der Waals surface area contributed by atoms with Crippen LogP contribution in [0.15, 0.2) is 45.7 Å². The lowest BCUT2D eigenvalue weighted by atomic mass is 10.1. The molecule has 0 bridgehead atoms. The first-order valence-corrected chi connectivity index (χ1v) is 12.6. The molecule has 32 heavy (non-hydrogen) atoms. The molecule has 2 heterocycles. The van der Waals surface area contributed by atoms with Gasteiger partial charge in [-0.25, -0.2) is 0 Å². The van der Waals surface area contributed by atoms with E-state index in [0.29, 0.717) is 31.1 Å². The molecule has 2 aromatic carbocycles. The van der Waals surface area contributed by atoms with Crippen molar-refractivity contribution in [1.82, 2.24) is 5.32 Å². The quantitative estimate of drug-likeness (QED) is 0.676. The second kappa shape index (κ2) is 9.11. The molecular formula is C23H26ClN3O4S. The highest BCUT2D eigenvalue weighted by atomic mass is 35.5. The van der Waals surface area contributed by atoms with Gasteiger partial charge in [-0.1, -0.05) is 30.2 Å². The minimum absolute atomic E-state index is 0.0198. The summed E-state index contributed by atoms with van der Waals surface area (Å²) < 4.78 is 35.2. The van der Waals surface area contributed by atoms with Crippen molar-refractivity contribution in [2.24, 2.45) is 4.40 Å². The predicted molar refractivity (Wildman–Crippen MR) is 125 cm³/mol. The van der Waals surface area contributed by atoms with Crippen LogP contribution in [-0.2, 0) is 10.0 Å². The van der Waals surface area contributed by atoms with E-state index in [9.17, 15) is 13.2 Å². The fraction of sp³-hybridized carbons (Fsp3) is 0.391. The molecule has 2 aliphatic heterocycles. The summed E-state index contributed by atoms with van der Waals surface area (Å²) in [6.45, 7) is 5.02. The summed E-state index contributed by atoms with van der Waals surface area (Å²) in [5.74, 6) is 0.860. The zero-order valence-corrected chi connectivity index (χ0v) is 19.7. The van der Waals surface area contributed by atoms with Crippen molar-refractivity contribution in [3.05, 3.63) is 52.5 Å². The van der Waals surface area contributed by atoms with Gasteiger partial charge in [-0.05, 0) is 56.5 Å². The van der Waals surface area contributed by atoms with Crippen LogP contribution in [0, 0.1) is 0 Å². The largest absolute Gasteiger partial charge is 0.494 e. The number of benzene rings is 2. The highest BCUT2D eigenvalue weighted by Crippen LogP contribution is 2.38. The number of halogens is 1. The second-order valence-electron chi connectivity index (χ2n) is 7.94. The Kier molecular flexibility index (Phi) is 6.44. The average molecular weight is 476 g/mol. The summed E-state index contributed by atoms with van der Waals surface area (Å²) in [5, 5.41) is 3.11. The number of nitrogens with zero attached hydrogens (tertiary/aromatic N) is 2. The zero-order chi connectivity index (χ0) is 22.9. The van der Waals surface area contributed by atoms with E-state index in [4.69, 9.17) is 16.3 Å². The number of anilines is 1. The third-order valence-electron chi connectivity index (χ3n) is 5.72. The minimum Gasteiger partial charge on any atom is -0.494 e. The van der Waals surface area contributed by atoms with Gasteiger partial charge in [0.05, 0.1) is 28.9 Å². The summed E-state index contributed by atoms with van der Waals surface area (Å²) in [5.41, 5.74) is 1.50. The minimum atomic E-state index is -3.90. The summed E-state index contributed by atoms with van der Waals surface area (Å²) in [6.07, 6.45) is 3.47. The van der Waals surface area contributed by atoms with Crippen LogP contribution in [0.4, 0.5) is 5.69 Å². The van der Waals surface area contributed by atoms with Crippen molar-refractivity contribution >= 4 is 39.1 Å². The molecule has 0 spiro atoms. The number of amides is 1. The molecule has 1 saturated heterocycles. The van der Waals surface area contributed by atoms with Gasteiger partial charge < -0.3 is 15.0 Å². The molecule has 1 unspecified atom stereocenters. The van der Waals surface area contributed by atoms with Gasteiger partial charge in [0.25, 0.3) is 15.9 Å². The third kappa shape index (κ3) is 4.47. The Labute approximate surface area is 193 Å². The van der Waals surface area contributed by atoms with Crippen LogP contribution in [0.3, 0.4) is 0 Å². The van der Waals surface area contributed by atoms with E-state index in [1.165, 1.54) is 6.07 Å². The van der Waals surface area contributed by atoms with Gasteiger partial charge in [0, 0.05) is 13.0 Å². The standard InChI is InChI=1S/C23H26ClN3O4S/c1-3-31-17-10-8-16(9-11-17)15(2)25-23(28)18-13-21-20(14-19(18)24)27-12-6-4-5-7-22(27)26-32(21,29)30/h8-11,13-15H,3-7,12H2,1-2H3,(H,25,28). The van der Waals surface area contributed by atoms with Crippen LogP contribution in [0.1, 0.15) is 61.5 Å². The highest BCUT2D eigenvalue weighted by Gasteiger charge is 2.33. The maximum absolute atomic E-state index is 13.0. The van der Waals surface area contributed by atoms with Crippen LogP contribution in [0.25, 0.3) is 0 Å². The topological polar surface area (TPSA) is 88.1 Å². The van der Waals surface area contributed by atoms with Crippen LogP contribution in [0.5, 0.6) is 5.75 Å². The van der Waals surface area contributed by atoms with Gasteiger partial charge in [0.2, 0.25) is 0 Å². The van der Waals surface area contributed by atoms with Crippen molar-refractivity contribution in [3.8, 4) is 5.75 Å². The van der Waals surface area contributed by atoms with Gasteiger partial charge in [0.1, 0.15) is 16.5 Å². The number of ether oxygens (including phenoxy) is 1. The van der Waals surface area contributed by atoms with Crippen LogP contribution in [-0.4, -0.2) is 33.3 Å². The molecule has 1 amide bonds. The lowest BCUT2D eigenvalue weighted by Gasteiger charge is -2.30. The second-order valence-corrected chi connectivity index (χ2v) is 9.92. The summed E-state index contributed by atoms with van der Waals surface area (Å²) in [4.78, 5) is 14.9. The van der Waals surface area contributed by atoms with Gasteiger partial charge in [0.15, 0.2) is 0 Å². The molecule has 1 atom stereocenters. The molecule has 0 radical (unpaired) electrons. The van der Waals surface area contributed by atoms with Crippen molar-refractivity contribution in [1.29, 1.82) is 0 Å². The first-order chi connectivity index (χ1) is 15.3. The van der Waals surface area contributed by atoms with E-state index in [2.05, 4.69) is 9.71 Å². The molecule has 1 N–H and O–H groups in total. The molecule has 4 rings (SSSR count). The number of nitrogens with one attached hydrogen (secondary N) is 1. The van der Waals surface area contributed by atoms with Crippen LogP contribution >= 0.6 is 11.6 Å². The monoisotopic (exact) mass is 475 g/mol. The average Bonchev–Trinajstić information content (AvgIpc) is 2.99. The van der Waals surface area contributed by atoms with Gasteiger partial charge in [-0.3, -0.25) is 4.79 Å². The number of carbonyl (C=O) groups is 1. The Hall–Kier alpha value is -2.58. The highest BCUT2D eigenvalue weighted by molar-refractivity contribution is 7.90. The third-order valence-corrected chi connectivity index (χ3v) is 7.37. The molecule has 2 aromatic rings. The Morgan fingerprint density at radius 1 is 1.22 bits per heavy atom. The Balaban J connectivity index is 1.61. The molecule has 2 aliphatic rings. The Morgan fingerprint density at radius 2 is 1.97 bits per heavy atom. The van der Waals surface area contributed by atoms with Crippen molar-refractivity contribution < 1.29 is 17.9 Å². The number of rotatable bonds is 5. The van der Waals surface area contributed by atoms with Crippen molar-refractivity contribution in [3.63, 3.8) is 0 Å². The predicted octanol–water partition coefficient (Wildman–Crippen LogP) is 4.71. The van der Waals surface area contributed by atoms with E-state index in [0.717, 1.165) is 30.6 Å². The molecule has 9 heteroatoms. The maximum atomic E-state index is 13.0. The Morgan fingerprint density at radius 3 is 2.69 bits per heavy atom. The zero-order valence-electron chi connectivity index (χ0n) is 18.1. The van der Waals surface area contributed by atoms with Gasteiger partial charge in [-0.2, -0.15) is 8.42 Å². The summed E-state index contributed by atoms with van der Waals surface area (Å²) in [7, 11) is -3.90. The maximum Gasteiger partial charge on any atom is 0.286 e. The number of sulfonamides is 1. The molecule has 0 aromatic heterocycles. The van der Waals surface area contributed by atoms with Gasteiger partial charge >= 0.3 is 0 Å². The first-order valence-electron chi connectivity index (χ1n) is 10.8. The Bertz CT molecular complexity index is 1160. The fourth-order valence-corrected chi connectivity index (χ4v) is 5.56. The van der Waals surface area contributed by atoms with E-state index in [-0.39, 0.29) is 21.5 Å². The summed E-state index contributed by atoms with van der Waals surface area (Å²) in [6, 6.07) is 10.1. The number of fused-ring (bicyclic) bond motifs is 3. The first kappa shape index (κ1) is 22.6. The van der Waals surface area contributed by atoms with Crippen LogP contribution in [0.2, 0.25) is 5.02 Å². The van der Waals surface area contributed by atoms with E-state index in [1.807, 2.05) is 43.0 Å². The molecule has 170 valence electrons. The van der Waals surface area contributed by atoms with E-state index >= 15 is 0 Å². The van der Waals surface area contributed by atoms with Crippen molar-refractivity contribution in [2.75, 3.05) is 18.1 Å². The van der Waals surface area contributed by atoms with Crippen LogP contribution < -0.4 is 15.0 Å². The lowest BCUT2D eigenvalue weighted by molar-refractivity contribution is 0.0940. The molecule has 1 fully saturated rings. The normalized spacial score (nSPS) is 18.0. The van der Waals surface area contributed by atoms with E-state index in [1.54, 1.807) is 6.07 Å². The lowest BCUT2D eigenvalue weighted by Crippen LogP contribution is -2.35. The molecular weight excluding hydrogens is 450 g/mol. The molecule has 0 saturated carbocycles. The number of hydrogen-bond acceptors (Lipinski definition) is 5. The molecule has 0 aliphatic carbocycles. The number of amidine groups is 1. The molecule has 7 nitrogen and oxygen atoms in total. The van der Waals surface area contributed by atoms with E-state index < -0.39 is 15.9 Å². The van der Waals surface area contributed by atoms with Gasteiger partial charge in [-0.15, -0.1) is 4.40 Å². The fourth-order valence-electron chi connectivity index (χ4n) is 4.05. The summed E-state index contributed by atoms with van der Waals surface area (Å²) >= 11 is 6.47. The number of hydrogen-bond donors (Lipinski definition) is 1. The van der Waals surface area contributed by atoms with Crippen molar-refractivity contribution in [2.45, 2.75) is 50.5 Å².